The van der Waals surface area contributed by atoms with Crippen molar-refractivity contribution in [3.05, 3.63) is 74.0 Å². The Balaban J connectivity index is 1.27. The predicted molar refractivity (Wildman–Crippen MR) is 135 cm³/mol. The van der Waals surface area contributed by atoms with Crippen molar-refractivity contribution >= 4 is 45.7 Å². The van der Waals surface area contributed by atoms with Gasteiger partial charge in [-0.1, -0.05) is 34.8 Å². The quantitative estimate of drug-likeness (QED) is 0.510. The van der Waals surface area contributed by atoms with Crippen LogP contribution in [0.3, 0.4) is 0 Å². The van der Waals surface area contributed by atoms with Gasteiger partial charge in [-0.2, -0.15) is 0 Å². The molecule has 0 unspecified atom stereocenters. The van der Waals surface area contributed by atoms with E-state index >= 15 is 0 Å². The fraction of sp³-hybridized carbons (Fsp3) is 0.385. The van der Waals surface area contributed by atoms with Crippen LogP contribution >= 0.6 is 23.2 Å². The Kier molecular flexibility index (Phi) is 5.87. The summed E-state index contributed by atoms with van der Waals surface area (Å²) in [6, 6.07) is 13.1. The van der Waals surface area contributed by atoms with Gasteiger partial charge in [0.15, 0.2) is 0 Å². The second-order valence-electron chi connectivity index (χ2n) is 9.47. The molecule has 5 rings (SSSR count). The maximum Gasteiger partial charge on any atom is 0.254 e. The summed E-state index contributed by atoms with van der Waals surface area (Å²) in [5, 5.41) is 1.98. The summed E-state index contributed by atoms with van der Waals surface area (Å²) in [6.07, 6.45) is 4.19. The first-order valence-corrected chi connectivity index (χ1v) is 12.2. The normalized spacial score (nSPS) is 18.2. The number of pyridine rings is 1. The highest BCUT2D eigenvalue weighted by Crippen LogP contribution is 2.43. The van der Waals surface area contributed by atoms with Crippen LogP contribution < -0.4 is 10.5 Å². The van der Waals surface area contributed by atoms with Gasteiger partial charge in [0, 0.05) is 48.8 Å². The second-order valence-corrected chi connectivity index (χ2v) is 10.3. The lowest BCUT2D eigenvalue weighted by molar-refractivity contribution is 0.0516. The number of anilines is 1. The number of carbonyl (C=O) groups is 1. The van der Waals surface area contributed by atoms with Crippen molar-refractivity contribution in [3.63, 3.8) is 0 Å². The number of fused-ring (bicyclic) bond motifs is 1. The molecular weight excluding hydrogens is 457 g/mol. The minimum absolute atomic E-state index is 0.0419. The Morgan fingerprint density at radius 2 is 1.61 bits per heavy atom. The number of likely N-dealkylation sites (tertiary alicyclic amines) is 1. The van der Waals surface area contributed by atoms with Crippen molar-refractivity contribution in [2.45, 2.75) is 32.6 Å². The van der Waals surface area contributed by atoms with E-state index in [1.807, 2.05) is 48.2 Å². The number of aromatic nitrogens is 1. The molecule has 5 nitrogen and oxygen atoms in total. The van der Waals surface area contributed by atoms with Crippen molar-refractivity contribution in [1.29, 1.82) is 0 Å². The van der Waals surface area contributed by atoms with Gasteiger partial charge in [-0.15, -0.1) is 0 Å². The molecule has 2 aliphatic rings. The highest BCUT2D eigenvalue weighted by Gasteiger charge is 2.39. The third kappa shape index (κ3) is 4.36. The summed E-state index contributed by atoms with van der Waals surface area (Å²) >= 11 is 12.3. The van der Waals surface area contributed by atoms with Crippen LogP contribution in [0.25, 0.3) is 10.9 Å². The molecule has 7 heteroatoms. The first-order chi connectivity index (χ1) is 15.8. The number of nitrogens with zero attached hydrogens (tertiary/aromatic N) is 2. The first-order valence-electron chi connectivity index (χ1n) is 11.5. The van der Waals surface area contributed by atoms with Crippen LogP contribution in [0.2, 0.25) is 10.0 Å². The van der Waals surface area contributed by atoms with E-state index in [9.17, 15) is 9.59 Å². The highest BCUT2D eigenvalue weighted by molar-refractivity contribution is 6.42. The van der Waals surface area contributed by atoms with Gasteiger partial charge >= 0.3 is 0 Å². The van der Waals surface area contributed by atoms with E-state index in [-0.39, 0.29) is 16.9 Å². The topological polar surface area (TPSA) is 56.4 Å². The molecule has 1 N–H and O–H groups in total. The number of hydrogen-bond donors (Lipinski definition) is 1. The zero-order chi connectivity index (χ0) is 23.2. The lowest BCUT2D eigenvalue weighted by Crippen LogP contribution is -2.48. The monoisotopic (exact) mass is 483 g/mol. The van der Waals surface area contributed by atoms with E-state index < -0.39 is 0 Å². The van der Waals surface area contributed by atoms with Crippen LogP contribution in [0.4, 0.5) is 5.69 Å². The van der Waals surface area contributed by atoms with E-state index in [2.05, 4.69) is 9.88 Å². The van der Waals surface area contributed by atoms with Gasteiger partial charge < -0.3 is 14.8 Å². The van der Waals surface area contributed by atoms with Crippen LogP contribution in [0, 0.1) is 12.3 Å². The van der Waals surface area contributed by atoms with Gasteiger partial charge in [-0.25, -0.2) is 0 Å². The predicted octanol–water partition coefficient (Wildman–Crippen LogP) is 5.67. The molecule has 2 aromatic carbocycles. The zero-order valence-electron chi connectivity index (χ0n) is 18.7. The number of piperidine rings is 2. The van der Waals surface area contributed by atoms with Gasteiger partial charge in [0.2, 0.25) is 5.56 Å². The number of rotatable bonds is 2. The van der Waals surface area contributed by atoms with Gasteiger partial charge in [0.05, 0.1) is 15.6 Å². The van der Waals surface area contributed by atoms with Gasteiger partial charge in [-0.3, -0.25) is 9.59 Å². The molecule has 0 saturated carbocycles. The highest BCUT2D eigenvalue weighted by atomic mass is 35.5. The van der Waals surface area contributed by atoms with Crippen molar-refractivity contribution < 1.29 is 4.79 Å². The fourth-order valence-corrected chi connectivity index (χ4v) is 5.61. The molecule has 2 aliphatic heterocycles. The summed E-state index contributed by atoms with van der Waals surface area (Å²) in [6.45, 7) is 5.40. The van der Waals surface area contributed by atoms with E-state index in [1.54, 1.807) is 0 Å². The summed E-state index contributed by atoms with van der Waals surface area (Å²) in [5.74, 6) is -0.0419. The van der Waals surface area contributed by atoms with Crippen LogP contribution in [0.5, 0.6) is 0 Å². The Morgan fingerprint density at radius 3 is 2.30 bits per heavy atom. The summed E-state index contributed by atoms with van der Waals surface area (Å²) in [4.78, 5) is 32.7. The molecule has 0 aliphatic carbocycles. The fourth-order valence-electron chi connectivity index (χ4n) is 5.32. The van der Waals surface area contributed by atoms with Crippen molar-refractivity contribution in [1.82, 2.24) is 9.88 Å². The molecule has 3 aromatic rings. The first kappa shape index (κ1) is 22.3. The third-order valence-electron chi connectivity index (χ3n) is 7.43. The van der Waals surface area contributed by atoms with Gasteiger partial charge in [-0.05, 0) is 68.4 Å². The summed E-state index contributed by atoms with van der Waals surface area (Å²) in [7, 11) is 0. The zero-order valence-corrected chi connectivity index (χ0v) is 20.2. The number of aryl methyl sites for hydroxylation is 1. The van der Waals surface area contributed by atoms with E-state index in [0.29, 0.717) is 21.1 Å². The molecule has 3 heterocycles. The standard InChI is InChI=1S/C26H27Cl2N3O2/c1-17-2-5-23-19(14-17)20(16-24(32)29-23)25(33)31-12-8-26(9-13-31)6-10-30(11-7-26)18-3-4-21(27)22(28)15-18/h2-5,14-16H,6-13H2,1H3,(H,29,32). The van der Waals surface area contributed by atoms with Gasteiger partial charge in [0.1, 0.15) is 0 Å². The van der Waals surface area contributed by atoms with E-state index in [0.717, 1.165) is 68.5 Å². The lowest BCUT2D eigenvalue weighted by atomic mass is 9.71. The SMILES string of the molecule is Cc1ccc2[nH]c(=O)cc(C(=O)N3CCC4(CC3)CCN(c3ccc(Cl)c(Cl)c3)CC4)c2c1. The number of H-pyrrole nitrogens is 1. The maximum atomic E-state index is 13.4. The Bertz CT molecular complexity index is 1270. The molecule has 2 saturated heterocycles. The third-order valence-corrected chi connectivity index (χ3v) is 8.17. The van der Waals surface area contributed by atoms with E-state index in [1.165, 1.54) is 6.07 Å². The van der Waals surface area contributed by atoms with Crippen molar-refractivity contribution in [2.75, 3.05) is 31.1 Å². The largest absolute Gasteiger partial charge is 0.371 e. The second kappa shape index (κ2) is 8.69. The molecule has 0 atom stereocenters. The summed E-state index contributed by atoms with van der Waals surface area (Å²) in [5.41, 5.74) is 3.43. The summed E-state index contributed by atoms with van der Waals surface area (Å²) < 4.78 is 0. The van der Waals surface area contributed by atoms with Crippen molar-refractivity contribution in [2.24, 2.45) is 5.41 Å². The Labute approximate surface area is 203 Å². The molecule has 172 valence electrons. The van der Waals surface area contributed by atoms with Crippen LogP contribution in [-0.2, 0) is 0 Å². The molecule has 1 amide bonds. The molecule has 1 aromatic heterocycles. The number of nitrogens with one attached hydrogen (secondary N) is 1. The number of aromatic amines is 1. The number of halogens is 2. The minimum atomic E-state index is -0.238. The average molecular weight is 484 g/mol. The van der Waals surface area contributed by atoms with E-state index in [4.69, 9.17) is 23.2 Å². The molecule has 0 radical (unpaired) electrons. The lowest BCUT2D eigenvalue weighted by Gasteiger charge is -2.47. The number of hydrogen-bond acceptors (Lipinski definition) is 3. The van der Waals surface area contributed by atoms with Gasteiger partial charge in [0.25, 0.3) is 5.91 Å². The van der Waals surface area contributed by atoms with Crippen LogP contribution in [-0.4, -0.2) is 42.0 Å². The van der Waals surface area contributed by atoms with Crippen molar-refractivity contribution in [3.8, 4) is 0 Å². The molecule has 0 bridgehead atoms. The minimum Gasteiger partial charge on any atom is -0.371 e. The smallest absolute Gasteiger partial charge is 0.254 e. The molecule has 2 fully saturated rings. The van der Waals surface area contributed by atoms with Crippen LogP contribution in [0.15, 0.2) is 47.3 Å². The molecule has 1 spiro atoms. The Morgan fingerprint density at radius 1 is 0.909 bits per heavy atom. The molecular formula is C26H27Cl2N3O2. The average Bonchev–Trinajstić information content (AvgIpc) is 2.81. The number of benzene rings is 2. The maximum absolute atomic E-state index is 13.4. The Hall–Kier alpha value is -2.50. The number of carbonyl (C=O) groups excluding carboxylic acids is 1. The molecule has 33 heavy (non-hydrogen) atoms. The van der Waals surface area contributed by atoms with Crippen LogP contribution in [0.1, 0.15) is 41.6 Å². The number of amides is 1.